The molecule has 0 atom stereocenters. The molecule has 1 fully saturated rings. The first-order valence-corrected chi connectivity index (χ1v) is 7.86. The van der Waals surface area contributed by atoms with E-state index in [-0.39, 0.29) is 5.82 Å². The van der Waals surface area contributed by atoms with E-state index in [4.69, 9.17) is 4.74 Å². The van der Waals surface area contributed by atoms with Crippen molar-refractivity contribution in [1.82, 2.24) is 5.32 Å². The molecule has 2 nitrogen and oxygen atoms in total. The molecule has 0 aromatic heterocycles. The van der Waals surface area contributed by atoms with Gasteiger partial charge in [-0.2, -0.15) is 0 Å². The highest BCUT2D eigenvalue weighted by atomic mass is 79.9. The largest absolute Gasteiger partial charge is 0.490 e. The third-order valence-corrected chi connectivity index (χ3v) is 4.00. The fourth-order valence-corrected chi connectivity index (χ4v) is 2.80. The van der Waals surface area contributed by atoms with Crippen LogP contribution in [0.5, 0.6) is 5.75 Å². The van der Waals surface area contributed by atoms with Crippen LogP contribution in [0.25, 0.3) is 0 Å². The molecule has 106 valence electrons. The van der Waals surface area contributed by atoms with Crippen LogP contribution in [0, 0.1) is 5.82 Å². The number of nitrogens with one attached hydrogen (secondary N) is 1. The summed E-state index contributed by atoms with van der Waals surface area (Å²) in [5.41, 5.74) is 0. The number of hydrogen-bond acceptors (Lipinski definition) is 2. The summed E-state index contributed by atoms with van der Waals surface area (Å²) in [5.74, 6) is 0.0236. The summed E-state index contributed by atoms with van der Waals surface area (Å²) in [5, 5.41) is 3.55. The summed E-state index contributed by atoms with van der Waals surface area (Å²) in [6.07, 6.45) is 7.56. The van der Waals surface area contributed by atoms with Gasteiger partial charge in [-0.25, -0.2) is 4.39 Å². The molecular weight excluding hydrogens is 309 g/mol. The van der Waals surface area contributed by atoms with Crippen molar-refractivity contribution in [2.24, 2.45) is 0 Å². The maximum Gasteiger partial charge on any atom is 0.165 e. The van der Waals surface area contributed by atoms with E-state index in [0.29, 0.717) is 18.4 Å². The molecule has 1 aliphatic carbocycles. The molecule has 1 aliphatic rings. The van der Waals surface area contributed by atoms with Crippen LogP contribution in [0.1, 0.15) is 38.5 Å². The van der Waals surface area contributed by atoms with E-state index in [1.165, 1.54) is 38.2 Å². The lowest BCUT2D eigenvalue weighted by Gasteiger charge is -2.22. The summed E-state index contributed by atoms with van der Waals surface area (Å²) < 4.78 is 19.7. The molecule has 19 heavy (non-hydrogen) atoms. The Kier molecular flexibility index (Phi) is 6.11. The predicted molar refractivity (Wildman–Crippen MR) is 79.1 cm³/mol. The Balaban J connectivity index is 1.62. The van der Waals surface area contributed by atoms with E-state index in [9.17, 15) is 4.39 Å². The number of hydrogen-bond donors (Lipinski definition) is 1. The minimum absolute atomic E-state index is 0.302. The molecule has 1 aromatic carbocycles. The molecule has 0 amide bonds. The van der Waals surface area contributed by atoms with Crippen LogP contribution < -0.4 is 10.1 Å². The molecule has 0 saturated heterocycles. The van der Waals surface area contributed by atoms with Gasteiger partial charge in [-0.1, -0.05) is 35.2 Å². The van der Waals surface area contributed by atoms with Crippen molar-refractivity contribution in [2.45, 2.75) is 44.6 Å². The van der Waals surface area contributed by atoms with Crippen molar-refractivity contribution in [3.8, 4) is 5.75 Å². The normalized spacial score (nSPS) is 16.5. The lowest BCUT2D eigenvalue weighted by Crippen LogP contribution is -2.32. The minimum atomic E-state index is -0.302. The zero-order valence-electron chi connectivity index (χ0n) is 11.1. The molecule has 1 aromatic rings. The summed E-state index contributed by atoms with van der Waals surface area (Å²) in [6.45, 7) is 1.49. The standard InChI is InChI=1S/C15H21BrFNO/c16-12-7-8-14(17)15(11-12)19-10-4-9-18-13-5-2-1-3-6-13/h7-8,11,13,18H,1-6,9-10H2. The number of rotatable bonds is 6. The summed E-state index contributed by atoms with van der Waals surface area (Å²) in [7, 11) is 0. The monoisotopic (exact) mass is 329 g/mol. The molecule has 0 bridgehead atoms. The molecule has 4 heteroatoms. The molecule has 0 spiro atoms. The van der Waals surface area contributed by atoms with Crippen LogP contribution in [0.3, 0.4) is 0 Å². The first-order valence-electron chi connectivity index (χ1n) is 7.07. The van der Waals surface area contributed by atoms with Crippen molar-refractivity contribution in [3.05, 3.63) is 28.5 Å². The fraction of sp³-hybridized carbons (Fsp3) is 0.600. The molecule has 1 N–H and O–H groups in total. The third-order valence-electron chi connectivity index (χ3n) is 3.51. The average molecular weight is 330 g/mol. The molecule has 0 unspecified atom stereocenters. The highest BCUT2D eigenvalue weighted by Crippen LogP contribution is 2.22. The summed E-state index contributed by atoms with van der Waals surface area (Å²) >= 11 is 3.31. The lowest BCUT2D eigenvalue weighted by molar-refractivity contribution is 0.284. The number of benzene rings is 1. The average Bonchev–Trinajstić information content (AvgIpc) is 2.43. The number of halogens is 2. The molecule has 0 aliphatic heterocycles. The quantitative estimate of drug-likeness (QED) is 0.786. The topological polar surface area (TPSA) is 21.3 Å². The van der Waals surface area contributed by atoms with Gasteiger partial charge in [0.05, 0.1) is 6.61 Å². The maximum atomic E-state index is 13.4. The van der Waals surface area contributed by atoms with E-state index in [1.54, 1.807) is 12.1 Å². The Morgan fingerprint density at radius 1 is 1.26 bits per heavy atom. The first-order chi connectivity index (χ1) is 9.25. The zero-order chi connectivity index (χ0) is 13.5. The second kappa shape index (κ2) is 7.85. The summed E-state index contributed by atoms with van der Waals surface area (Å²) in [6, 6.07) is 5.44. The molecule has 2 rings (SSSR count). The maximum absolute atomic E-state index is 13.4. The van der Waals surface area contributed by atoms with Gasteiger partial charge in [-0.3, -0.25) is 0 Å². The van der Waals surface area contributed by atoms with Gasteiger partial charge in [-0.15, -0.1) is 0 Å². The highest BCUT2D eigenvalue weighted by molar-refractivity contribution is 9.10. The van der Waals surface area contributed by atoms with Gasteiger partial charge in [0.15, 0.2) is 11.6 Å². The van der Waals surface area contributed by atoms with E-state index in [2.05, 4.69) is 21.2 Å². The summed E-state index contributed by atoms with van der Waals surface area (Å²) in [4.78, 5) is 0. The Hall–Kier alpha value is -0.610. The Bertz CT molecular complexity index is 394. The van der Waals surface area contributed by atoms with Crippen LogP contribution in [0.15, 0.2) is 22.7 Å². The highest BCUT2D eigenvalue weighted by Gasteiger charge is 2.11. The van der Waals surface area contributed by atoms with Crippen molar-refractivity contribution in [1.29, 1.82) is 0 Å². The molecule has 0 heterocycles. The van der Waals surface area contributed by atoms with Gasteiger partial charge in [0.2, 0.25) is 0 Å². The molecular formula is C15H21BrFNO. The van der Waals surface area contributed by atoms with Gasteiger partial charge in [0.25, 0.3) is 0 Å². The van der Waals surface area contributed by atoms with E-state index in [0.717, 1.165) is 17.4 Å². The fourth-order valence-electron chi connectivity index (χ4n) is 2.46. The predicted octanol–water partition coefficient (Wildman–Crippen LogP) is 4.28. The second-order valence-corrected chi connectivity index (χ2v) is 5.98. The van der Waals surface area contributed by atoms with Crippen molar-refractivity contribution in [2.75, 3.05) is 13.2 Å². The number of ether oxygens (including phenoxy) is 1. The Morgan fingerprint density at radius 3 is 2.84 bits per heavy atom. The minimum Gasteiger partial charge on any atom is -0.490 e. The van der Waals surface area contributed by atoms with Crippen molar-refractivity contribution in [3.63, 3.8) is 0 Å². The van der Waals surface area contributed by atoms with Gasteiger partial charge >= 0.3 is 0 Å². The molecule has 1 saturated carbocycles. The van der Waals surface area contributed by atoms with Crippen LogP contribution in [-0.4, -0.2) is 19.2 Å². The van der Waals surface area contributed by atoms with E-state index in [1.807, 2.05) is 0 Å². The third kappa shape index (κ3) is 5.11. The van der Waals surface area contributed by atoms with Crippen LogP contribution >= 0.6 is 15.9 Å². The smallest absolute Gasteiger partial charge is 0.165 e. The van der Waals surface area contributed by atoms with Crippen LogP contribution in [0.4, 0.5) is 4.39 Å². The SMILES string of the molecule is Fc1ccc(Br)cc1OCCCNC1CCCCC1. The first kappa shape index (κ1) is 14.8. The van der Waals surface area contributed by atoms with Gasteiger partial charge in [0.1, 0.15) is 0 Å². The van der Waals surface area contributed by atoms with Gasteiger partial charge in [-0.05, 0) is 44.0 Å². The van der Waals surface area contributed by atoms with Crippen molar-refractivity contribution >= 4 is 15.9 Å². The molecule has 0 radical (unpaired) electrons. The zero-order valence-corrected chi connectivity index (χ0v) is 12.7. The van der Waals surface area contributed by atoms with E-state index >= 15 is 0 Å². The Labute approximate surface area is 122 Å². The van der Waals surface area contributed by atoms with Gasteiger partial charge in [0, 0.05) is 10.5 Å². The lowest BCUT2D eigenvalue weighted by atomic mass is 9.95. The Morgan fingerprint density at radius 2 is 2.05 bits per heavy atom. The van der Waals surface area contributed by atoms with E-state index < -0.39 is 0 Å². The van der Waals surface area contributed by atoms with Crippen LogP contribution in [-0.2, 0) is 0 Å². The van der Waals surface area contributed by atoms with Crippen LogP contribution in [0.2, 0.25) is 0 Å². The van der Waals surface area contributed by atoms with Gasteiger partial charge < -0.3 is 10.1 Å². The second-order valence-electron chi connectivity index (χ2n) is 5.07. The van der Waals surface area contributed by atoms with Crippen molar-refractivity contribution < 1.29 is 9.13 Å².